The number of carbonyl (C=O) groups is 2. The molecule has 5 aromatic rings. The standard InChI is InChI=1S/C32H24ClN3O5S/c1-21-5-4-7-24(19-21)32(38)41-30-18-11-22-6-2-3-8-28(22)29(30)20-34-35-31(37)23-9-14-26(15-10-23)36-42(39,40)27-16-12-25(33)13-17-27/h2-20,36H,1H3,(H,35,37)/b34-20+. The van der Waals surface area contributed by atoms with Gasteiger partial charge < -0.3 is 4.74 Å². The minimum atomic E-state index is -3.83. The van der Waals surface area contributed by atoms with Crippen molar-refractivity contribution in [3.05, 3.63) is 136 Å². The van der Waals surface area contributed by atoms with Crippen LogP contribution >= 0.6 is 11.6 Å². The molecule has 0 saturated heterocycles. The van der Waals surface area contributed by atoms with Gasteiger partial charge in [0, 0.05) is 21.8 Å². The Morgan fingerprint density at radius 1 is 0.833 bits per heavy atom. The van der Waals surface area contributed by atoms with Gasteiger partial charge in [0.15, 0.2) is 0 Å². The van der Waals surface area contributed by atoms with Gasteiger partial charge in [0.05, 0.1) is 16.7 Å². The Labute approximate surface area is 247 Å². The number of benzene rings is 5. The summed E-state index contributed by atoms with van der Waals surface area (Å²) < 4.78 is 33.4. The quantitative estimate of drug-likeness (QED) is 0.0907. The molecule has 0 aliphatic rings. The second kappa shape index (κ2) is 12.3. The lowest BCUT2D eigenvalue weighted by atomic mass is 10.0. The molecule has 0 unspecified atom stereocenters. The number of anilines is 1. The van der Waals surface area contributed by atoms with E-state index < -0.39 is 21.9 Å². The van der Waals surface area contributed by atoms with E-state index in [-0.39, 0.29) is 21.9 Å². The fourth-order valence-corrected chi connectivity index (χ4v) is 5.35. The minimum Gasteiger partial charge on any atom is -0.422 e. The van der Waals surface area contributed by atoms with Crippen molar-refractivity contribution in [1.82, 2.24) is 5.43 Å². The number of rotatable bonds is 8. The number of carbonyl (C=O) groups excluding carboxylic acids is 2. The number of ether oxygens (including phenoxy) is 1. The fourth-order valence-electron chi connectivity index (χ4n) is 4.17. The summed E-state index contributed by atoms with van der Waals surface area (Å²) in [6.45, 7) is 1.89. The summed E-state index contributed by atoms with van der Waals surface area (Å²) in [5, 5.41) is 6.22. The first-order valence-corrected chi connectivity index (χ1v) is 14.6. The van der Waals surface area contributed by atoms with Crippen molar-refractivity contribution < 1.29 is 22.7 Å². The third kappa shape index (κ3) is 6.65. The maximum absolute atomic E-state index is 12.8. The topological polar surface area (TPSA) is 114 Å². The number of amides is 1. The van der Waals surface area contributed by atoms with Crippen LogP contribution in [0.1, 0.15) is 31.8 Å². The maximum atomic E-state index is 12.8. The first kappa shape index (κ1) is 28.5. The molecule has 0 radical (unpaired) electrons. The number of aryl methyl sites for hydroxylation is 1. The number of nitrogens with zero attached hydrogens (tertiary/aromatic N) is 1. The van der Waals surface area contributed by atoms with Crippen LogP contribution in [-0.2, 0) is 10.0 Å². The molecule has 1 amide bonds. The van der Waals surface area contributed by atoms with E-state index in [1.807, 2.05) is 43.3 Å². The van der Waals surface area contributed by atoms with E-state index in [2.05, 4.69) is 15.2 Å². The van der Waals surface area contributed by atoms with Crippen molar-refractivity contribution in [3.8, 4) is 5.75 Å². The van der Waals surface area contributed by atoms with Gasteiger partial charge >= 0.3 is 5.97 Å². The SMILES string of the molecule is Cc1cccc(C(=O)Oc2ccc3ccccc3c2/C=N/NC(=O)c2ccc(NS(=O)(=O)c3ccc(Cl)cc3)cc2)c1. The summed E-state index contributed by atoms with van der Waals surface area (Å²) in [6.07, 6.45) is 1.42. The predicted molar refractivity (Wildman–Crippen MR) is 164 cm³/mol. The zero-order valence-electron chi connectivity index (χ0n) is 22.2. The van der Waals surface area contributed by atoms with Crippen molar-refractivity contribution in [2.45, 2.75) is 11.8 Å². The van der Waals surface area contributed by atoms with Gasteiger partial charge in [-0.25, -0.2) is 18.6 Å². The van der Waals surface area contributed by atoms with E-state index >= 15 is 0 Å². The van der Waals surface area contributed by atoms with Gasteiger partial charge in [0.1, 0.15) is 5.75 Å². The zero-order chi connectivity index (χ0) is 29.7. The van der Waals surface area contributed by atoms with Crippen LogP contribution in [0.15, 0.2) is 119 Å². The highest BCUT2D eigenvalue weighted by atomic mass is 35.5. The molecule has 0 fully saturated rings. The average molecular weight is 598 g/mol. The van der Waals surface area contributed by atoms with E-state index in [9.17, 15) is 18.0 Å². The van der Waals surface area contributed by atoms with Crippen molar-refractivity contribution in [1.29, 1.82) is 0 Å². The monoisotopic (exact) mass is 597 g/mol. The normalized spacial score (nSPS) is 11.4. The van der Waals surface area contributed by atoms with Gasteiger partial charge in [-0.3, -0.25) is 9.52 Å². The Bertz CT molecular complexity index is 1920. The van der Waals surface area contributed by atoms with Crippen molar-refractivity contribution in [2.75, 3.05) is 4.72 Å². The Hall–Kier alpha value is -4.99. The molecule has 2 N–H and O–H groups in total. The molecular weight excluding hydrogens is 574 g/mol. The molecule has 0 bridgehead atoms. The Morgan fingerprint density at radius 3 is 2.31 bits per heavy atom. The van der Waals surface area contributed by atoms with Crippen LogP contribution in [-0.4, -0.2) is 26.5 Å². The molecule has 5 rings (SSSR count). The Kier molecular flexibility index (Phi) is 8.33. The summed E-state index contributed by atoms with van der Waals surface area (Å²) in [6, 6.07) is 29.8. The molecule has 0 aliphatic carbocycles. The second-order valence-electron chi connectivity index (χ2n) is 9.29. The van der Waals surface area contributed by atoms with Gasteiger partial charge in [0.25, 0.3) is 15.9 Å². The number of fused-ring (bicyclic) bond motifs is 1. The second-order valence-corrected chi connectivity index (χ2v) is 11.4. The number of halogens is 1. The van der Waals surface area contributed by atoms with Gasteiger partial charge in [0.2, 0.25) is 0 Å². The minimum absolute atomic E-state index is 0.0559. The molecule has 0 aromatic heterocycles. The van der Waals surface area contributed by atoms with E-state index in [4.69, 9.17) is 16.3 Å². The summed E-state index contributed by atoms with van der Waals surface area (Å²) in [5.74, 6) is -0.744. The molecule has 42 heavy (non-hydrogen) atoms. The Morgan fingerprint density at radius 2 is 1.57 bits per heavy atom. The smallest absolute Gasteiger partial charge is 0.343 e. The third-order valence-corrected chi connectivity index (χ3v) is 7.92. The molecular formula is C32H24ClN3O5S. The molecule has 0 aliphatic heterocycles. The molecule has 10 heteroatoms. The van der Waals surface area contributed by atoms with Crippen molar-refractivity contribution in [3.63, 3.8) is 0 Å². The molecule has 0 saturated carbocycles. The van der Waals surface area contributed by atoms with E-state index in [1.54, 1.807) is 24.3 Å². The van der Waals surface area contributed by atoms with Gasteiger partial charge in [-0.2, -0.15) is 5.10 Å². The molecule has 210 valence electrons. The van der Waals surface area contributed by atoms with E-state index in [0.29, 0.717) is 16.1 Å². The maximum Gasteiger partial charge on any atom is 0.343 e. The summed E-state index contributed by atoms with van der Waals surface area (Å²) in [4.78, 5) is 25.7. The highest BCUT2D eigenvalue weighted by Gasteiger charge is 2.16. The number of hydrogen-bond acceptors (Lipinski definition) is 6. The third-order valence-electron chi connectivity index (χ3n) is 6.27. The summed E-state index contributed by atoms with van der Waals surface area (Å²) >= 11 is 5.84. The average Bonchev–Trinajstić information content (AvgIpc) is 2.98. The van der Waals surface area contributed by atoms with Crippen LogP contribution in [0, 0.1) is 6.92 Å². The molecule has 0 atom stereocenters. The number of nitrogens with one attached hydrogen (secondary N) is 2. The van der Waals surface area contributed by atoms with Crippen LogP contribution < -0.4 is 14.9 Å². The van der Waals surface area contributed by atoms with Crippen molar-refractivity contribution in [2.24, 2.45) is 5.10 Å². The van der Waals surface area contributed by atoms with E-state index in [0.717, 1.165) is 16.3 Å². The predicted octanol–water partition coefficient (Wildman–Crippen LogP) is 6.59. The first-order valence-electron chi connectivity index (χ1n) is 12.7. The summed E-state index contributed by atoms with van der Waals surface area (Å²) in [7, 11) is -3.83. The van der Waals surface area contributed by atoms with Crippen molar-refractivity contribution >= 4 is 56.2 Å². The van der Waals surface area contributed by atoms with Crippen LogP contribution in [0.3, 0.4) is 0 Å². The largest absolute Gasteiger partial charge is 0.422 e. The first-order chi connectivity index (χ1) is 20.2. The lowest BCUT2D eigenvalue weighted by Gasteiger charge is -2.11. The summed E-state index contributed by atoms with van der Waals surface area (Å²) in [5.41, 5.74) is 4.86. The van der Waals surface area contributed by atoms with Crippen LogP contribution in [0.2, 0.25) is 5.02 Å². The van der Waals surface area contributed by atoms with Gasteiger partial charge in [-0.15, -0.1) is 0 Å². The Balaban J connectivity index is 1.31. The highest BCUT2D eigenvalue weighted by molar-refractivity contribution is 7.92. The van der Waals surface area contributed by atoms with Gasteiger partial charge in [-0.05, 0) is 84.4 Å². The zero-order valence-corrected chi connectivity index (χ0v) is 23.8. The molecule has 0 heterocycles. The lowest BCUT2D eigenvalue weighted by Crippen LogP contribution is -2.18. The number of esters is 1. The van der Waals surface area contributed by atoms with Crippen LogP contribution in [0.4, 0.5) is 5.69 Å². The number of hydrogen-bond donors (Lipinski definition) is 2. The fraction of sp³-hybridized carbons (Fsp3) is 0.0312. The van der Waals surface area contributed by atoms with Crippen LogP contribution in [0.5, 0.6) is 5.75 Å². The molecule has 0 spiro atoms. The van der Waals surface area contributed by atoms with E-state index in [1.165, 1.54) is 54.7 Å². The van der Waals surface area contributed by atoms with Gasteiger partial charge in [-0.1, -0.05) is 59.6 Å². The lowest BCUT2D eigenvalue weighted by molar-refractivity contribution is 0.0734. The molecule has 5 aromatic carbocycles. The highest BCUT2D eigenvalue weighted by Crippen LogP contribution is 2.27. The van der Waals surface area contributed by atoms with Crippen LogP contribution in [0.25, 0.3) is 10.8 Å². The molecule has 8 nitrogen and oxygen atoms in total. The number of sulfonamides is 1. The number of hydrazone groups is 1.